The quantitative estimate of drug-likeness (QED) is 0.869. The van der Waals surface area contributed by atoms with Gasteiger partial charge in [-0.15, -0.1) is 0 Å². The lowest BCUT2D eigenvalue weighted by Gasteiger charge is -2.42. The number of hydrogen-bond donors (Lipinski definition) is 2. The van der Waals surface area contributed by atoms with E-state index < -0.39 is 5.54 Å². The smallest absolute Gasteiger partial charge is 0.245 e. The molecule has 21 heavy (non-hydrogen) atoms. The zero-order valence-corrected chi connectivity index (χ0v) is 13.4. The van der Waals surface area contributed by atoms with E-state index >= 15 is 0 Å². The minimum absolute atomic E-state index is 0.0656. The molecule has 5 nitrogen and oxygen atoms in total. The molecule has 0 saturated carbocycles. The second-order valence-corrected chi connectivity index (χ2v) is 6.08. The third-order valence-corrected chi connectivity index (χ3v) is 4.08. The molecule has 1 aromatic heterocycles. The van der Waals surface area contributed by atoms with Crippen molar-refractivity contribution in [2.75, 3.05) is 24.5 Å². The average Bonchev–Trinajstić information content (AvgIpc) is 2.48. The van der Waals surface area contributed by atoms with Gasteiger partial charge in [0.15, 0.2) is 0 Å². The maximum absolute atomic E-state index is 12.0. The Kier molecular flexibility index (Phi) is 4.83. The number of amides is 1. The van der Waals surface area contributed by atoms with Gasteiger partial charge in [0, 0.05) is 19.1 Å². The number of aromatic nitrogens is 1. The van der Waals surface area contributed by atoms with Crippen LogP contribution in [0.15, 0.2) is 18.3 Å². The maximum Gasteiger partial charge on any atom is 0.245 e. The monoisotopic (exact) mass is 290 g/mol. The number of nitrogens with one attached hydrogen (secondary N) is 2. The molecule has 0 bridgehead atoms. The summed E-state index contributed by atoms with van der Waals surface area (Å²) in [5.41, 5.74) is 1.50. The van der Waals surface area contributed by atoms with Crippen LogP contribution < -0.4 is 15.5 Å². The van der Waals surface area contributed by atoms with Crippen LogP contribution in [0, 0.1) is 0 Å². The number of carbonyl (C=O) groups is 1. The molecule has 1 aliphatic heterocycles. The first-order valence-corrected chi connectivity index (χ1v) is 7.72. The molecule has 2 heterocycles. The Bertz CT molecular complexity index is 484. The third-order valence-electron chi connectivity index (χ3n) is 4.08. The van der Waals surface area contributed by atoms with E-state index in [2.05, 4.69) is 40.4 Å². The van der Waals surface area contributed by atoms with Gasteiger partial charge in [0.1, 0.15) is 5.54 Å². The van der Waals surface area contributed by atoms with Crippen LogP contribution in [0.2, 0.25) is 0 Å². The summed E-state index contributed by atoms with van der Waals surface area (Å²) in [7, 11) is 0. The van der Waals surface area contributed by atoms with Crippen molar-refractivity contribution in [1.82, 2.24) is 15.6 Å². The zero-order chi connectivity index (χ0) is 15.5. The summed E-state index contributed by atoms with van der Waals surface area (Å²) >= 11 is 0. The highest BCUT2D eigenvalue weighted by Crippen LogP contribution is 2.26. The number of piperazine rings is 1. The summed E-state index contributed by atoms with van der Waals surface area (Å²) in [6.45, 7) is 10.6. The van der Waals surface area contributed by atoms with Gasteiger partial charge in [-0.25, -0.2) is 0 Å². The van der Waals surface area contributed by atoms with Gasteiger partial charge in [-0.3, -0.25) is 9.78 Å². The highest BCUT2D eigenvalue weighted by atomic mass is 16.2. The first-order chi connectivity index (χ1) is 9.96. The van der Waals surface area contributed by atoms with Gasteiger partial charge < -0.3 is 15.5 Å². The third kappa shape index (κ3) is 3.35. The molecule has 5 heteroatoms. The summed E-state index contributed by atoms with van der Waals surface area (Å²) in [6.07, 6.45) is 2.99. The molecular weight excluding hydrogens is 264 g/mol. The van der Waals surface area contributed by atoms with Gasteiger partial charge in [-0.05, 0) is 45.9 Å². The van der Waals surface area contributed by atoms with Crippen LogP contribution in [0.1, 0.15) is 45.9 Å². The van der Waals surface area contributed by atoms with Crippen LogP contribution in [0.25, 0.3) is 0 Å². The summed E-state index contributed by atoms with van der Waals surface area (Å²) in [5.74, 6) is 0.0656. The standard InChI is InChI=1S/C16H26N4O/c1-5-8-17-12(2)14-7-6-13(11-19-14)20-10-9-18-15(21)16(20,3)4/h6-7,11-12,17H,5,8-10H2,1-4H3,(H,18,21). The Morgan fingerprint density at radius 3 is 2.86 bits per heavy atom. The number of anilines is 1. The molecule has 0 radical (unpaired) electrons. The minimum Gasteiger partial charge on any atom is -0.354 e. The first kappa shape index (κ1) is 15.8. The maximum atomic E-state index is 12.0. The van der Waals surface area contributed by atoms with Crippen molar-refractivity contribution >= 4 is 11.6 Å². The summed E-state index contributed by atoms with van der Waals surface area (Å²) in [6, 6.07) is 4.36. The van der Waals surface area contributed by atoms with E-state index in [9.17, 15) is 4.79 Å². The molecule has 0 spiro atoms. The molecule has 1 unspecified atom stereocenters. The number of carbonyl (C=O) groups excluding carboxylic acids is 1. The summed E-state index contributed by atoms with van der Waals surface area (Å²) in [5, 5.41) is 6.34. The lowest BCUT2D eigenvalue weighted by molar-refractivity contribution is -0.126. The molecule has 0 aromatic carbocycles. The highest BCUT2D eigenvalue weighted by molar-refractivity contribution is 5.90. The fraction of sp³-hybridized carbons (Fsp3) is 0.625. The molecule has 1 saturated heterocycles. The molecule has 1 amide bonds. The first-order valence-electron chi connectivity index (χ1n) is 7.72. The van der Waals surface area contributed by atoms with Crippen LogP contribution in [0.5, 0.6) is 0 Å². The van der Waals surface area contributed by atoms with Crippen LogP contribution in [-0.4, -0.2) is 36.1 Å². The molecule has 1 aromatic rings. The van der Waals surface area contributed by atoms with E-state index in [1.807, 2.05) is 26.1 Å². The van der Waals surface area contributed by atoms with Gasteiger partial charge in [-0.1, -0.05) is 6.92 Å². The van der Waals surface area contributed by atoms with Crippen LogP contribution >= 0.6 is 0 Å². The topological polar surface area (TPSA) is 57.3 Å². The van der Waals surface area contributed by atoms with E-state index in [-0.39, 0.29) is 11.9 Å². The number of rotatable bonds is 5. The Balaban J connectivity index is 2.13. The molecule has 0 aliphatic carbocycles. The molecule has 2 rings (SSSR count). The fourth-order valence-electron chi connectivity index (χ4n) is 2.63. The van der Waals surface area contributed by atoms with Gasteiger partial charge in [-0.2, -0.15) is 0 Å². The van der Waals surface area contributed by atoms with E-state index in [4.69, 9.17) is 0 Å². The molecule has 2 N–H and O–H groups in total. The van der Waals surface area contributed by atoms with Crippen molar-refractivity contribution in [2.24, 2.45) is 0 Å². The summed E-state index contributed by atoms with van der Waals surface area (Å²) in [4.78, 5) is 18.7. The molecule has 116 valence electrons. The Morgan fingerprint density at radius 1 is 1.48 bits per heavy atom. The van der Waals surface area contributed by atoms with Crippen molar-refractivity contribution in [3.8, 4) is 0 Å². The van der Waals surface area contributed by atoms with E-state index in [0.717, 1.165) is 30.9 Å². The number of nitrogens with zero attached hydrogens (tertiary/aromatic N) is 2. The summed E-state index contributed by atoms with van der Waals surface area (Å²) < 4.78 is 0. The minimum atomic E-state index is -0.534. The predicted octanol–water partition coefficient (Wildman–Crippen LogP) is 1.86. The van der Waals surface area contributed by atoms with E-state index in [1.165, 1.54) is 0 Å². The van der Waals surface area contributed by atoms with Gasteiger partial charge in [0.25, 0.3) is 0 Å². The lowest BCUT2D eigenvalue weighted by Crippen LogP contribution is -2.62. The van der Waals surface area contributed by atoms with Crippen molar-refractivity contribution in [3.05, 3.63) is 24.0 Å². The predicted molar refractivity (Wildman–Crippen MR) is 85.4 cm³/mol. The normalized spacial score (nSPS) is 19.2. The Morgan fingerprint density at radius 2 is 2.24 bits per heavy atom. The molecule has 1 aliphatic rings. The Hall–Kier alpha value is -1.62. The largest absolute Gasteiger partial charge is 0.354 e. The Labute approximate surface area is 127 Å². The van der Waals surface area contributed by atoms with Crippen LogP contribution in [-0.2, 0) is 4.79 Å². The lowest BCUT2D eigenvalue weighted by atomic mass is 9.98. The number of hydrogen-bond acceptors (Lipinski definition) is 4. The van der Waals surface area contributed by atoms with Gasteiger partial charge >= 0.3 is 0 Å². The average molecular weight is 290 g/mol. The van der Waals surface area contributed by atoms with Crippen LogP contribution in [0.3, 0.4) is 0 Å². The van der Waals surface area contributed by atoms with Gasteiger partial charge in [0.2, 0.25) is 5.91 Å². The highest BCUT2D eigenvalue weighted by Gasteiger charge is 2.37. The van der Waals surface area contributed by atoms with E-state index in [1.54, 1.807) is 0 Å². The van der Waals surface area contributed by atoms with Crippen molar-refractivity contribution in [1.29, 1.82) is 0 Å². The van der Waals surface area contributed by atoms with Gasteiger partial charge in [0.05, 0.1) is 17.6 Å². The second kappa shape index (κ2) is 6.43. The number of pyridine rings is 1. The zero-order valence-electron chi connectivity index (χ0n) is 13.4. The van der Waals surface area contributed by atoms with Crippen molar-refractivity contribution in [3.63, 3.8) is 0 Å². The SMILES string of the molecule is CCCNC(C)c1ccc(N2CCNC(=O)C2(C)C)cn1. The molecule has 1 fully saturated rings. The molecule has 1 atom stereocenters. The van der Waals surface area contributed by atoms with E-state index in [0.29, 0.717) is 6.54 Å². The van der Waals surface area contributed by atoms with Crippen molar-refractivity contribution < 1.29 is 4.79 Å². The molecular formula is C16H26N4O. The van der Waals surface area contributed by atoms with Crippen LogP contribution in [0.4, 0.5) is 5.69 Å². The second-order valence-electron chi connectivity index (χ2n) is 6.08. The fourth-order valence-corrected chi connectivity index (χ4v) is 2.63. The van der Waals surface area contributed by atoms with Crippen molar-refractivity contribution in [2.45, 2.75) is 45.7 Å².